The Hall–Kier alpha value is -3.46. The molecule has 0 amide bonds. The van der Waals surface area contributed by atoms with E-state index in [1.165, 1.54) is 0 Å². The molecule has 0 radical (unpaired) electrons. The Morgan fingerprint density at radius 2 is 1.78 bits per heavy atom. The first-order chi connectivity index (χ1) is 13.2. The molecule has 0 fully saturated rings. The standard InChI is InChI=1S/C21H21N3O3/c1-15-3-7-18(8-4-15)26-14-20-24-19(13-22)21(27-20)23-12-11-16-5-9-17(25-2)10-6-16/h3-10,23H,11-12,14H2,1-2H3. The van der Waals surface area contributed by atoms with Crippen molar-refractivity contribution in [2.75, 3.05) is 19.0 Å². The van der Waals surface area contributed by atoms with Crippen molar-refractivity contribution in [1.29, 1.82) is 5.26 Å². The van der Waals surface area contributed by atoms with E-state index in [2.05, 4.69) is 10.3 Å². The predicted molar refractivity (Wildman–Crippen MR) is 102 cm³/mol. The van der Waals surface area contributed by atoms with Gasteiger partial charge in [-0.15, -0.1) is 0 Å². The first kappa shape index (κ1) is 18.3. The number of hydrogen-bond donors (Lipinski definition) is 1. The van der Waals surface area contributed by atoms with E-state index in [1.807, 2.05) is 61.5 Å². The van der Waals surface area contributed by atoms with Crippen molar-refractivity contribution in [3.63, 3.8) is 0 Å². The van der Waals surface area contributed by atoms with Gasteiger partial charge in [0, 0.05) is 6.54 Å². The number of rotatable bonds is 8. The van der Waals surface area contributed by atoms with Crippen molar-refractivity contribution in [1.82, 2.24) is 4.98 Å². The van der Waals surface area contributed by atoms with E-state index in [-0.39, 0.29) is 12.3 Å². The van der Waals surface area contributed by atoms with E-state index in [9.17, 15) is 5.26 Å². The topological polar surface area (TPSA) is 80.3 Å². The molecule has 0 saturated heterocycles. The number of aryl methyl sites for hydroxylation is 1. The summed E-state index contributed by atoms with van der Waals surface area (Å²) >= 11 is 0. The van der Waals surface area contributed by atoms with Crippen molar-refractivity contribution in [3.8, 4) is 17.6 Å². The average molecular weight is 363 g/mol. The van der Waals surface area contributed by atoms with Crippen molar-refractivity contribution >= 4 is 5.88 Å². The Labute approximate surface area is 158 Å². The molecule has 2 aromatic carbocycles. The third-order valence-corrected chi connectivity index (χ3v) is 4.02. The second-order valence-corrected chi connectivity index (χ2v) is 6.02. The number of ether oxygens (including phenoxy) is 2. The summed E-state index contributed by atoms with van der Waals surface area (Å²) in [6.07, 6.45) is 0.783. The Kier molecular flexibility index (Phi) is 5.95. The third-order valence-electron chi connectivity index (χ3n) is 4.02. The fraction of sp³-hybridized carbons (Fsp3) is 0.238. The molecule has 0 spiro atoms. The molecule has 138 valence electrons. The van der Waals surface area contributed by atoms with Crippen molar-refractivity contribution < 1.29 is 13.9 Å². The lowest BCUT2D eigenvalue weighted by molar-refractivity contribution is 0.265. The van der Waals surface area contributed by atoms with Gasteiger partial charge in [-0.3, -0.25) is 0 Å². The van der Waals surface area contributed by atoms with E-state index in [0.29, 0.717) is 18.3 Å². The summed E-state index contributed by atoms with van der Waals surface area (Å²) in [6.45, 7) is 2.80. The number of methoxy groups -OCH3 is 1. The van der Waals surface area contributed by atoms with Crippen molar-refractivity contribution in [3.05, 3.63) is 71.2 Å². The maximum atomic E-state index is 9.25. The van der Waals surface area contributed by atoms with Gasteiger partial charge in [-0.1, -0.05) is 29.8 Å². The largest absolute Gasteiger partial charge is 0.497 e. The molecule has 3 rings (SSSR count). The van der Waals surface area contributed by atoms with Crippen LogP contribution in [0.5, 0.6) is 11.5 Å². The van der Waals surface area contributed by atoms with Crippen LogP contribution in [0.15, 0.2) is 52.9 Å². The number of aromatic nitrogens is 1. The van der Waals surface area contributed by atoms with Gasteiger partial charge < -0.3 is 19.2 Å². The van der Waals surface area contributed by atoms with Crippen LogP contribution in [0.1, 0.15) is 22.7 Å². The third kappa shape index (κ3) is 5.02. The fourth-order valence-corrected chi connectivity index (χ4v) is 2.51. The fourth-order valence-electron chi connectivity index (χ4n) is 2.51. The molecule has 0 unspecified atom stereocenters. The van der Waals surface area contributed by atoms with Crippen LogP contribution in [0.4, 0.5) is 5.88 Å². The molecule has 6 heteroatoms. The molecule has 1 heterocycles. The molecule has 0 aliphatic rings. The zero-order chi connectivity index (χ0) is 19.1. The molecule has 0 saturated carbocycles. The lowest BCUT2D eigenvalue weighted by Gasteiger charge is -2.05. The van der Waals surface area contributed by atoms with Gasteiger partial charge >= 0.3 is 0 Å². The summed E-state index contributed by atoms with van der Waals surface area (Å²) in [4.78, 5) is 4.18. The Morgan fingerprint density at radius 1 is 1.07 bits per heavy atom. The van der Waals surface area contributed by atoms with Gasteiger partial charge in [-0.2, -0.15) is 10.2 Å². The first-order valence-corrected chi connectivity index (χ1v) is 8.64. The molecule has 0 aliphatic heterocycles. The average Bonchev–Trinajstić information content (AvgIpc) is 3.10. The molecule has 0 bridgehead atoms. The number of hydrogen-bond acceptors (Lipinski definition) is 6. The number of benzene rings is 2. The Morgan fingerprint density at radius 3 is 2.44 bits per heavy atom. The highest BCUT2D eigenvalue weighted by molar-refractivity contribution is 5.45. The lowest BCUT2D eigenvalue weighted by atomic mass is 10.1. The molecule has 0 atom stereocenters. The number of nitriles is 1. The highest BCUT2D eigenvalue weighted by Gasteiger charge is 2.13. The van der Waals surface area contributed by atoms with Crippen LogP contribution in [0.25, 0.3) is 0 Å². The summed E-state index contributed by atoms with van der Waals surface area (Å²) in [5.41, 5.74) is 2.55. The van der Waals surface area contributed by atoms with Gasteiger partial charge in [0.1, 0.15) is 17.6 Å². The van der Waals surface area contributed by atoms with Crippen LogP contribution in [-0.2, 0) is 13.0 Å². The summed E-state index contributed by atoms with van der Waals surface area (Å²) in [5.74, 6) is 2.28. The molecular formula is C21H21N3O3. The normalized spacial score (nSPS) is 10.3. The van der Waals surface area contributed by atoms with Gasteiger partial charge in [-0.25, -0.2) is 0 Å². The van der Waals surface area contributed by atoms with Gasteiger partial charge in [0.2, 0.25) is 17.5 Å². The zero-order valence-corrected chi connectivity index (χ0v) is 15.4. The lowest BCUT2D eigenvalue weighted by Crippen LogP contribution is -2.05. The minimum absolute atomic E-state index is 0.165. The molecule has 1 aromatic heterocycles. The van der Waals surface area contributed by atoms with Gasteiger partial charge in [0.15, 0.2) is 6.61 Å². The number of anilines is 1. The smallest absolute Gasteiger partial charge is 0.236 e. The van der Waals surface area contributed by atoms with E-state index >= 15 is 0 Å². The van der Waals surface area contributed by atoms with Crippen LogP contribution in [0, 0.1) is 18.3 Å². The van der Waals surface area contributed by atoms with E-state index in [0.717, 1.165) is 29.0 Å². The monoisotopic (exact) mass is 363 g/mol. The molecule has 0 aliphatic carbocycles. The highest BCUT2D eigenvalue weighted by Crippen LogP contribution is 2.19. The van der Waals surface area contributed by atoms with E-state index in [4.69, 9.17) is 13.9 Å². The minimum Gasteiger partial charge on any atom is -0.497 e. The maximum absolute atomic E-state index is 9.25. The van der Waals surface area contributed by atoms with Gasteiger partial charge in [-0.05, 0) is 43.2 Å². The second kappa shape index (κ2) is 8.77. The molecular weight excluding hydrogens is 342 g/mol. The zero-order valence-electron chi connectivity index (χ0n) is 15.4. The van der Waals surface area contributed by atoms with E-state index in [1.54, 1.807) is 7.11 Å². The van der Waals surface area contributed by atoms with Crippen molar-refractivity contribution in [2.24, 2.45) is 0 Å². The number of oxazole rings is 1. The SMILES string of the molecule is COc1ccc(CCNc2oc(COc3ccc(C)cc3)nc2C#N)cc1. The molecule has 6 nitrogen and oxygen atoms in total. The van der Waals surface area contributed by atoms with Gasteiger partial charge in [0.25, 0.3) is 0 Å². The summed E-state index contributed by atoms with van der Waals surface area (Å²) in [7, 11) is 1.64. The van der Waals surface area contributed by atoms with Crippen LogP contribution in [0.2, 0.25) is 0 Å². The maximum Gasteiger partial charge on any atom is 0.236 e. The van der Waals surface area contributed by atoms with Crippen LogP contribution in [-0.4, -0.2) is 18.6 Å². The van der Waals surface area contributed by atoms with Crippen LogP contribution < -0.4 is 14.8 Å². The predicted octanol–water partition coefficient (Wildman–Crippen LogP) is 4.10. The number of nitrogens with one attached hydrogen (secondary N) is 1. The summed E-state index contributed by atoms with van der Waals surface area (Å²) < 4.78 is 16.4. The van der Waals surface area contributed by atoms with Crippen LogP contribution in [0.3, 0.4) is 0 Å². The highest BCUT2D eigenvalue weighted by atomic mass is 16.5. The molecule has 3 aromatic rings. The van der Waals surface area contributed by atoms with E-state index < -0.39 is 0 Å². The van der Waals surface area contributed by atoms with Crippen LogP contribution >= 0.6 is 0 Å². The van der Waals surface area contributed by atoms with Crippen molar-refractivity contribution in [2.45, 2.75) is 20.0 Å². The quantitative estimate of drug-likeness (QED) is 0.649. The first-order valence-electron chi connectivity index (χ1n) is 8.64. The minimum atomic E-state index is 0.165. The second-order valence-electron chi connectivity index (χ2n) is 6.02. The Bertz CT molecular complexity index is 909. The summed E-state index contributed by atoms with van der Waals surface area (Å²) in [5, 5.41) is 12.4. The Balaban J connectivity index is 1.55. The molecule has 27 heavy (non-hydrogen) atoms. The molecule has 1 N–H and O–H groups in total. The van der Waals surface area contributed by atoms with Gasteiger partial charge in [0.05, 0.1) is 7.11 Å². The number of nitrogens with zero attached hydrogens (tertiary/aromatic N) is 2. The summed E-state index contributed by atoms with van der Waals surface area (Å²) in [6, 6.07) is 17.6.